The minimum atomic E-state index is 0.562. The highest BCUT2D eigenvalue weighted by Gasteiger charge is 2.32. The molecule has 0 amide bonds. The van der Waals surface area contributed by atoms with E-state index in [1.807, 2.05) is 0 Å². The van der Waals surface area contributed by atoms with Gasteiger partial charge in [0.1, 0.15) is 0 Å². The zero-order valence-electron chi connectivity index (χ0n) is 12.6. The summed E-state index contributed by atoms with van der Waals surface area (Å²) in [7, 11) is 4.33. The topological polar surface area (TPSA) is 6.48 Å². The van der Waals surface area contributed by atoms with Gasteiger partial charge in [0.05, 0.1) is 0 Å². The summed E-state index contributed by atoms with van der Waals surface area (Å²) in [4.78, 5) is 4.95. The van der Waals surface area contributed by atoms with Crippen molar-refractivity contribution in [2.45, 2.75) is 45.4 Å². The van der Waals surface area contributed by atoms with Crippen LogP contribution in [0.4, 0.5) is 0 Å². The summed E-state index contributed by atoms with van der Waals surface area (Å²) >= 11 is 3.78. The van der Waals surface area contributed by atoms with Gasteiger partial charge in [-0.05, 0) is 58.4 Å². The summed E-state index contributed by atoms with van der Waals surface area (Å²) in [6, 6.07) is 0. The van der Waals surface area contributed by atoms with Crippen LogP contribution in [0.3, 0.4) is 0 Å². The maximum Gasteiger partial charge on any atom is 0.0100 e. The van der Waals surface area contributed by atoms with Gasteiger partial charge < -0.3 is 9.80 Å². The monoisotopic (exact) mass is 318 g/mol. The first-order valence-electron chi connectivity index (χ1n) is 7.55. The fraction of sp³-hybridized carbons (Fsp3) is 1.00. The number of alkyl halides is 1. The Hall–Kier alpha value is 0.400. The van der Waals surface area contributed by atoms with Crippen LogP contribution in [0.1, 0.15) is 45.4 Å². The van der Waals surface area contributed by atoms with E-state index in [0.29, 0.717) is 5.41 Å². The van der Waals surface area contributed by atoms with E-state index in [4.69, 9.17) is 0 Å². The predicted octanol–water partition coefficient (Wildman–Crippen LogP) is 3.61. The second-order valence-electron chi connectivity index (χ2n) is 6.22. The van der Waals surface area contributed by atoms with Crippen molar-refractivity contribution in [1.82, 2.24) is 9.80 Å². The van der Waals surface area contributed by atoms with Gasteiger partial charge in [0, 0.05) is 11.9 Å². The first-order valence-corrected chi connectivity index (χ1v) is 8.67. The molecule has 1 aliphatic carbocycles. The normalized spacial score (nSPS) is 19.7. The van der Waals surface area contributed by atoms with Crippen molar-refractivity contribution in [1.29, 1.82) is 0 Å². The Morgan fingerprint density at radius 3 is 2.22 bits per heavy atom. The number of hydrogen-bond acceptors (Lipinski definition) is 2. The van der Waals surface area contributed by atoms with Gasteiger partial charge in [-0.3, -0.25) is 0 Å². The summed E-state index contributed by atoms with van der Waals surface area (Å²) in [5.74, 6) is 0. The van der Waals surface area contributed by atoms with E-state index >= 15 is 0 Å². The number of hydrogen-bond donors (Lipinski definition) is 0. The Morgan fingerprint density at radius 1 is 1.06 bits per heavy atom. The second kappa shape index (κ2) is 8.55. The van der Waals surface area contributed by atoms with E-state index in [-0.39, 0.29) is 0 Å². The minimum Gasteiger partial charge on any atom is -0.309 e. The molecule has 1 rings (SSSR count). The average Bonchev–Trinajstić information content (AvgIpc) is 2.38. The third kappa shape index (κ3) is 5.58. The summed E-state index contributed by atoms with van der Waals surface area (Å²) in [6.45, 7) is 7.26. The van der Waals surface area contributed by atoms with Crippen molar-refractivity contribution in [2.24, 2.45) is 5.41 Å². The lowest BCUT2D eigenvalue weighted by atomic mass is 9.75. The molecule has 18 heavy (non-hydrogen) atoms. The summed E-state index contributed by atoms with van der Waals surface area (Å²) in [6.07, 6.45) is 8.44. The van der Waals surface area contributed by atoms with Crippen molar-refractivity contribution in [3.05, 3.63) is 0 Å². The lowest BCUT2D eigenvalue weighted by Crippen LogP contribution is -2.41. The Bertz CT molecular complexity index is 213. The molecule has 0 radical (unpaired) electrons. The van der Waals surface area contributed by atoms with Gasteiger partial charge in [-0.2, -0.15) is 0 Å². The molecule has 0 saturated heterocycles. The van der Waals surface area contributed by atoms with Crippen molar-refractivity contribution in [3.8, 4) is 0 Å². The van der Waals surface area contributed by atoms with E-state index in [9.17, 15) is 0 Å². The molecule has 0 aliphatic heterocycles. The van der Waals surface area contributed by atoms with Crippen LogP contribution in [0.25, 0.3) is 0 Å². The van der Waals surface area contributed by atoms with Crippen LogP contribution in [0, 0.1) is 5.41 Å². The van der Waals surface area contributed by atoms with Crippen LogP contribution >= 0.6 is 15.9 Å². The number of halogens is 1. The van der Waals surface area contributed by atoms with Gasteiger partial charge in [-0.25, -0.2) is 0 Å². The Morgan fingerprint density at radius 2 is 1.72 bits per heavy atom. The summed E-state index contributed by atoms with van der Waals surface area (Å²) in [5.41, 5.74) is 0.562. The van der Waals surface area contributed by atoms with Gasteiger partial charge in [0.15, 0.2) is 0 Å². The molecule has 2 nitrogen and oxygen atoms in total. The van der Waals surface area contributed by atoms with Gasteiger partial charge >= 0.3 is 0 Å². The van der Waals surface area contributed by atoms with Crippen LogP contribution in [0.15, 0.2) is 0 Å². The highest BCUT2D eigenvalue weighted by molar-refractivity contribution is 9.09. The molecule has 1 saturated carbocycles. The van der Waals surface area contributed by atoms with Crippen LogP contribution in [-0.4, -0.2) is 55.4 Å². The van der Waals surface area contributed by atoms with E-state index in [2.05, 4.69) is 46.7 Å². The maximum absolute atomic E-state index is 3.78. The third-order valence-electron chi connectivity index (χ3n) is 4.28. The van der Waals surface area contributed by atoms with Crippen LogP contribution in [0.5, 0.6) is 0 Å². The number of nitrogens with zero attached hydrogens (tertiary/aromatic N) is 2. The molecule has 0 spiro atoms. The average molecular weight is 319 g/mol. The van der Waals surface area contributed by atoms with E-state index in [1.54, 1.807) is 0 Å². The molecule has 0 heterocycles. The zero-order valence-corrected chi connectivity index (χ0v) is 14.1. The molecule has 1 fully saturated rings. The highest BCUT2D eigenvalue weighted by atomic mass is 79.9. The smallest absolute Gasteiger partial charge is 0.0100 e. The standard InChI is InChI=1S/C15H31BrN2/c1-4-18(12-8-11-17(2)3)14-15(13-16)9-6-5-7-10-15/h4-14H2,1-3H3. The van der Waals surface area contributed by atoms with Gasteiger partial charge in [-0.15, -0.1) is 0 Å². The van der Waals surface area contributed by atoms with E-state index in [1.165, 1.54) is 70.0 Å². The van der Waals surface area contributed by atoms with E-state index in [0.717, 1.165) is 0 Å². The molecule has 0 unspecified atom stereocenters. The molecule has 0 aromatic heterocycles. The fourth-order valence-electron chi connectivity index (χ4n) is 3.07. The van der Waals surface area contributed by atoms with Gasteiger partial charge in [-0.1, -0.05) is 42.1 Å². The first kappa shape index (κ1) is 16.5. The Kier molecular flexibility index (Phi) is 7.81. The fourth-order valence-corrected chi connectivity index (χ4v) is 3.81. The molecule has 3 heteroatoms. The first-order chi connectivity index (χ1) is 8.62. The van der Waals surface area contributed by atoms with E-state index < -0.39 is 0 Å². The molecular weight excluding hydrogens is 288 g/mol. The third-order valence-corrected chi connectivity index (χ3v) is 5.47. The largest absolute Gasteiger partial charge is 0.309 e. The van der Waals surface area contributed by atoms with Crippen LogP contribution in [0.2, 0.25) is 0 Å². The molecule has 0 N–H and O–H groups in total. The summed E-state index contributed by atoms with van der Waals surface area (Å²) < 4.78 is 0. The number of rotatable bonds is 8. The van der Waals surface area contributed by atoms with Crippen molar-refractivity contribution in [2.75, 3.05) is 45.6 Å². The minimum absolute atomic E-state index is 0.562. The summed E-state index contributed by atoms with van der Waals surface area (Å²) in [5, 5.41) is 1.18. The molecule has 1 aliphatic rings. The predicted molar refractivity (Wildman–Crippen MR) is 84.6 cm³/mol. The Labute approximate surface area is 122 Å². The SMILES string of the molecule is CCN(CCCN(C)C)CC1(CBr)CCCCC1. The van der Waals surface area contributed by atoms with Gasteiger partial charge in [0.25, 0.3) is 0 Å². The highest BCUT2D eigenvalue weighted by Crippen LogP contribution is 2.38. The molecule has 0 bridgehead atoms. The zero-order chi connectivity index (χ0) is 13.4. The molecular formula is C15H31BrN2. The lowest BCUT2D eigenvalue weighted by Gasteiger charge is -2.40. The van der Waals surface area contributed by atoms with Crippen LogP contribution in [-0.2, 0) is 0 Å². The lowest BCUT2D eigenvalue weighted by molar-refractivity contribution is 0.127. The molecule has 108 valence electrons. The Balaban J connectivity index is 2.39. The maximum atomic E-state index is 3.78. The quantitative estimate of drug-likeness (QED) is 0.631. The van der Waals surface area contributed by atoms with Crippen LogP contribution < -0.4 is 0 Å². The van der Waals surface area contributed by atoms with Crippen molar-refractivity contribution < 1.29 is 0 Å². The molecule has 0 aromatic rings. The molecule has 0 atom stereocenters. The van der Waals surface area contributed by atoms with Crippen molar-refractivity contribution >= 4 is 15.9 Å². The second-order valence-corrected chi connectivity index (χ2v) is 6.78. The van der Waals surface area contributed by atoms with Gasteiger partial charge in [0.2, 0.25) is 0 Å². The van der Waals surface area contributed by atoms with Crippen molar-refractivity contribution in [3.63, 3.8) is 0 Å². The molecule has 0 aromatic carbocycles.